The summed E-state index contributed by atoms with van der Waals surface area (Å²) in [5, 5.41) is 2.75. The number of carbonyl (C=O) groups excluding carboxylic acids is 3. The SMILES string of the molecule is COC(=O)c1cc(NC(=O)CN2CCC[C@@H](C)C2)cc(C(=O)OC)c1. The highest BCUT2D eigenvalue weighted by Crippen LogP contribution is 2.18. The van der Waals surface area contributed by atoms with Crippen LogP contribution in [-0.2, 0) is 14.3 Å². The van der Waals surface area contributed by atoms with Gasteiger partial charge in [0.25, 0.3) is 0 Å². The molecule has 1 aliphatic rings. The van der Waals surface area contributed by atoms with E-state index in [0.717, 1.165) is 19.5 Å². The molecule has 1 atom stereocenters. The lowest BCUT2D eigenvalue weighted by Gasteiger charge is -2.30. The first kappa shape index (κ1) is 18.9. The maximum atomic E-state index is 12.3. The molecule has 1 aliphatic heterocycles. The number of nitrogens with one attached hydrogen (secondary N) is 1. The quantitative estimate of drug-likeness (QED) is 0.819. The Morgan fingerprint density at radius 2 is 1.72 bits per heavy atom. The normalized spacial score (nSPS) is 17.6. The molecule has 1 heterocycles. The van der Waals surface area contributed by atoms with E-state index in [4.69, 9.17) is 0 Å². The highest BCUT2D eigenvalue weighted by atomic mass is 16.5. The van der Waals surface area contributed by atoms with Crippen molar-refractivity contribution in [1.29, 1.82) is 0 Å². The van der Waals surface area contributed by atoms with E-state index in [-0.39, 0.29) is 23.6 Å². The predicted molar refractivity (Wildman–Crippen MR) is 92.6 cm³/mol. The van der Waals surface area contributed by atoms with Gasteiger partial charge in [-0.1, -0.05) is 6.92 Å². The standard InChI is InChI=1S/C18H24N2O5/c1-12-5-4-6-20(10-12)11-16(21)19-15-8-13(17(22)24-2)7-14(9-15)18(23)25-3/h7-9,12H,4-6,10-11H2,1-3H3,(H,19,21)/t12-/m1/s1. The fourth-order valence-corrected chi connectivity index (χ4v) is 3.01. The maximum Gasteiger partial charge on any atom is 0.337 e. The molecule has 0 aliphatic carbocycles. The second-order valence-corrected chi connectivity index (χ2v) is 6.31. The van der Waals surface area contributed by atoms with E-state index in [1.165, 1.54) is 38.8 Å². The number of esters is 2. The van der Waals surface area contributed by atoms with Gasteiger partial charge < -0.3 is 14.8 Å². The Morgan fingerprint density at radius 1 is 1.12 bits per heavy atom. The molecule has 0 saturated carbocycles. The van der Waals surface area contributed by atoms with Crippen LogP contribution in [0.5, 0.6) is 0 Å². The predicted octanol–water partition coefficient (Wildman–Crippen LogP) is 1.93. The van der Waals surface area contributed by atoms with Crippen LogP contribution in [0.2, 0.25) is 0 Å². The van der Waals surface area contributed by atoms with Crippen molar-refractivity contribution in [3.63, 3.8) is 0 Å². The van der Waals surface area contributed by atoms with Gasteiger partial charge in [-0.3, -0.25) is 9.69 Å². The minimum Gasteiger partial charge on any atom is -0.465 e. The van der Waals surface area contributed by atoms with Crippen LogP contribution in [0.3, 0.4) is 0 Å². The fraction of sp³-hybridized carbons (Fsp3) is 0.500. The summed E-state index contributed by atoms with van der Waals surface area (Å²) in [5.74, 6) is -0.792. The molecule has 1 amide bonds. The first-order chi connectivity index (χ1) is 11.9. The van der Waals surface area contributed by atoms with E-state index in [9.17, 15) is 14.4 Å². The van der Waals surface area contributed by atoms with Crippen molar-refractivity contribution >= 4 is 23.5 Å². The molecule has 7 nitrogen and oxygen atoms in total. The average Bonchev–Trinajstić information content (AvgIpc) is 2.59. The van der Waals surface area contributed by atoms with Crippen LogP contribution in [0.25, 0.3) is 0 Å². The zero-order chi connectivity index (χ0) is 18.4. The van der Waals surface area contributed by atoms with Gasteiger partial charge in [0.15, 0.2) is 0 Å². The van der Waals surface area contributed by atoms with Gasteiger partial charge in [-0.2, -0.15) is 0 Å². The lowest BCUT2D eigenvalue weighted by Crippen LogP contribution is -2.39. The van der Waals surface area contributed by atoms with Crippen molar-refractivity contribution in [2.75, 3.05) is 39.2 Å². The van der Waals surface area contributed by atoms with Crippen LogP contribution in [0.4, 0.5) is 5.69 Å². The fourth-order valence-electron chi connectivity index (χ4n) is 3.01. The van der Waals surface area contributed by atoms with Crippen molar-refractivity contribution in [2.24, 2.45) is 5.92 Å². The molecule has 1 saturated heterocycles. The minimum absolute atomic E-state index is 0.173. The molecule has 1 N–H and O–H groups in total. The Labute approximate surface area is 147 Å². The molecular weight excluding hydrogens is 324 g/mol. The molecule has 1 aromatic carbocycles. The molecule has 2 rings (SSSR count). The Hall–Kier alpha value is -2.41. The minimum atomic E-state index is -0.592. The second kappa shape index (κ2) is 8.62. The number of piperidine rings is 1. The van der Waals surface area contributed by atoms with Crippen molar-refractivity contribution in [3.05, 3.63) is 29.3 Å². The van der Waals surface area contributed by atoms with Gasteiger partial charge in [-0.15, -0.1) is 0 Å². The molecule has 0 bridgehead atoms. The largest absolute Gasteiger partial charge is 0.465 e. The molecule has 0 aromatic heterocycles. The summed E-state index contributed by atoms with van der Waals surface area (Å²) in [6.07, 6.45) is 2.26. The van der Waals surface area contributed by atoms with Crippen LogP contribution in [0, 0.1) is 5.92 Å². The zero-order valence-electron chi connectivity index (χ0n) is 14.8. The number of likely N-dealkylation sites (tertiary alicyclic amines) is 1. The first-order valence-corrected chi connectivity index (χ1v) is 8.27. The molecule has 1 fully saturated rings. The van der Waals surface area contributed by atoms with Crippen LogP contribution in [0.1, 0.15) is 40.5 Å². The van der Waals surface area contributed by atoms with Crippen LogP contribution < -0.4 is 5.32 Å². The number of nitrogens with zero attached hydrogens (tertiary/aromatic N) is 1. The van der Waals surface area contributed by atoms with E-state index in [0.29, 0.717) is 11.6 Å². The molecule has 1 aromatic rings. The highest BCUT2D eigenvalue weighted by molar-refractivity contribution is 5.99. The van der Waals surface area contributed by atoms with E-state index >= 15 is 0 Å². The lowest BCUT2D eigenvalue weighted by molar-refractivity contribution is -0.117. The van der Waals surface area contributed by atoms with Gasteiger partial charge in [-0.05, 0) is 43.5 Å². The third kappa shape index (κ3) is 5.29. The monoisotopic (exact) mass is 348 g/mol. The van der Waals surface area contributed by atoms with Crippen molar-refractivity contribution < 1.29 is 23.9 Å². The number of benzene rings is 1. The Balaban J connectivity index is 2.12. The molecule has 0 unspecified atom stereocenters. The zero-order valence-corrected chi connectivity index (χ0v) is 14.8. The third-order valence-electron chi connectivity index (χ3n) is 4.17. The van der Waals surface area contributed by atoms with Gasteiger partial charge in [0, 0.05) is 12.2 Å². The summed E-state index contributed by atoms with van der Waals surface area (Å²) in [5.41, 5.74) is 0.706. The lowest BCUT2D eigenvalue weighted by atomic mass is 10.0. The van der Waals surface area contributed by atoms with E-state index in [2.05, 4.69) is 26.6 Å². The van der Waals surface area contributed by atoms with Crippen LogP contribution in [-0.4, -0.2) is 56.6 Å². The summed E-state index contributed by atoms with van der Waals surface area (Å²) in [7, 11) is 2.51. The molecular formula is C18H24N2O5. The summed E-state index contributed by atoms with van der Waals surface area (Å²) in [6.45, 7) is 4.24. The maximum absolute atomic E-state index is 12.3. The van der Waals surface area contributed by atoms with Crippen molar-refractivity contribution in [1.82, 2.24) is 4.90 Å². The Kier molecular flexibility index (Phi) is 6.52. The molecule has 0 spiro atoms. The summed E-state index contributed by atoms with van der Waals surface area (Å²) in [6, 6.07) is 4.34. The number of hydrogen-bond acceptors (Lipinski definition) is 6. The number of methoxy groups -OCH3 is 2. The summed E-state index contributed by atoms with van der Waals surface area (Å²) >= 11 is 0. The van der Waals surface area contributed by atoms with Crippen molar-refractivity contribution in [3.8, 4) is 0 Å². The average molecular weight is 348 g/mol. The number of rotatable bonds is 5. The third-order valence-corrected chi connectivity index (χ3v) is 4.17. The molecule has 136 valence electrons. The van der Waals surface area contributed by atoms with E-state index in [1.807, 2.05) is 0 Å². The number of ether oxygens (including phenoxy) is 2. The topological polar surface area (TPSA) is 84.9 Å². The number of anilines is 1. The number of carbonyl (C=O) groups is 3. The van der Waals surface area contributed by atoms with Crippen LogP contribution >= 0.6 is 0 Å². The molecule has 7 heteroatoms. The van der Waals surface area contributed by atoms with E-state index in [1.54, 1.807) is 0 Å². The molecule has 0 radical (unpaired) electrons. The van der Waals surface area contributed by atoms with Gasteiger partial charge in [0.05, 0.1) is 31.9 Å². The molecule has 25 heavy (non-hydrogen) atoms. The van der Waals surface area contributed by atoms with Gasteiger partial charge >= 0.3 is 11.9 Å². The van der Waals surface area contributed by atoms with Crippen LogP contribution in [0.15, 0.2) is 18.2 Å². The first-order valence-electron chi connectivity index (χ1n) is 8.27. The second-order valence-electron chi connectivity index (χ2n) is 6.31. The van der Waals surface area contributed by atoms with E-state index < -0.39 is 11.9 Å². The Morgan fingerprint density at radius 3 is 2.24 bits per heavy atom. The highest BCUT2D eigenvalue weighted by Gasteiger charge is 2.19. The van der Waals surface area contributed by atoms with Crippen molar-refractivity contribution in [2.45, 2.75) is 19.8 Å². The summed E-state index contributed by atoms with van der Waals surface area (Å²) < 4.78 is 9.37. The van der Waals surface area contributed by atoms with Gasteiger partial charge in [0.2, 0.25) is 5.91 Å². The number of amides is 1. The summed E-state index contributed by atoms with van der Waals surface area (Å²) in [4.78, 5) is 38.0. The smallest absolute Gasteiger partial charge is 0.337 e. The van der Waals surface area contributed by atoms with Gasteiger partial charge in [-0.25, -0.2) is 9.59 Å². The number of hydrogen-bond donors (Lipinski definition) is 1. The van der Waals surface area contributed by atoms with Gasteiger partial charge in [0.1, 0.15) is 0 Å². The Bertz CT molecular complexity index is 625.